The summed E-state index contributed by atoms with van der Waals surface area (Å²) >= 11 is 0. The van der Waals surface area contributed by atoms with E-state index in [1.165, 1.54) is 38.5 Å². The van der Waals surface area contributed by atoms with Crippen molar-refractivity contribution in [3.63, 3.8) is 0 Å². The van der Waals surface area contributed by atoms with E-state index in [9.17, 15) is 4.79 Å². The molecule has 4 fully saturated rings. The normalized spacial score (nSPS) is 39.9. The van der Waals surface area contributed by atoms with Gasteiger partial charge in [-0.1, -0.05) is 0 Å². The average Bonchev–Trinajstić information content (AvgIpc) is 2.10. The second kappa shape index (κ2) is 4.90. The Morgan fingerprint density at radius 3 is 1.61 bits per heavy atom. The molecule has 0 heterocycles. The molecule has 4 heteroatoms. The van der Waals surface area contributed by atoms with Gasteiger partial charge in [-0.3, -0.25) is 9.59 Å². The van der Waals surface area contributed by atoms with Gasteiger partial charge in [0, 0.05) is 6.92 Å². The average molecular weight is 254 g/mol. The number of carboxylic acids is 2. The van der Waals surface area contributed by atoms with Crippen LogP contribution >= 0.6 is 0 Å². The van der Waals surface area contributed by atoms with Crippen LogP contribution in [0, 0.1) is 23.2 Å². The van der Waals surface area contributed by atoms with E-state index < -0.39 is 11.9 Å². The first-order chi connectivity index (χ1) is 8.38. The first kappa shape index (κ1) is 13.4. The second-order valence-corrected chi connectivity index (χ2v) is 6.51. The molecule has 4 aliphatic carbocycles. The minimum absolute atomic E-state index is 0.223. The van der Waals surface area contributed by atoms with Crippen LogP contribution < -0.4 is 0 Å². The van der Waals surface area contributed by atoms with Crippen molar-refractivity contribution in [3.05, 3.63) is 0 Å². The molecular formula is C14H22O4. The second-order valence-electron chi connectivity index (χ2n) is 6.51. The van der Waals surface area contributed by atoms with Crippen molar-refractivity contribution in [1.29, 1.82) is 0 Å². The molecule has 0 saturated heterocycles. The van der Waals surface area contributed by atoms with E-state index in [-0.39, 0.29) is 5.41 Å². The maximum atomic E-state index is 10.9. The molecule has 0 spiro atoms. The van der Waals surface area contributed by atoms with E-state index in [2.05, 4.69) is 0 Å². The van der Waals surface area contributed by atoms with Gasteiger partial charge >= 0.3 is 5.97 Å². The van der Waals surface area contributed by atoms with Crippen molar-refractivity contribution in [2.75, 3.05) is 0 Å². The van der Waals surface area contributed by atoms with Gasteiger partial charge in [-0.2, -0.15) is 0 Å². The van der Waals surface area contributed by atoms with Gasteiger partial charge in [-0.25, -0.2) is 0 Å². The van der Waals surface area contributed by atoms with Crippen LogP contribution in [0.25, 0.3) is 0 Å². The van der Waals surface area contributed by atoms with Crippen LogP contribution in [0.15, 0.2) is 0 Å². The van der Waals surface area contributed by atoms with Crippen molar-refractivity contribution in [1.82, 2.24) is 0 Å². The highest BCUT2D eigenvalue weighted by atomic mass is 16.4. The lowest BCUT2D eigenvalue weighted by atomic mass is 9.49. The summed E-state index contributed by atoms with van der Waals surface area (Å²) in [6.45, 7) is 1.08. The van der Waals surface area contributed by atoms with Crippen molar-refractivity contribution < 1.29 is 19.8 Å². The fraction of sp³-hybridized carbons (Fsp3) is 0.857. The van der Waals surface area contributed by atoms with Crippen LogP contribution in [-0.4, -0.2) is 22.2 Å². The summed E-state index contributed by atoms with van der Waals surface area (Å²) in [4.78, 5) is 19.9. The minimum atomic E-state index is -0.833. The Hall–Kier alpha value is -1.06. The van der Waals surface area contributed by atoms with Crippen molar-refractivity contribution >= 4 is 11.9 Å². The van der Waals surface area contributed by atoms with Gasteiger partial charge in [-0.05, 0) is 61.7 Å². The molecule has 4 saturated carbocycles. The molecule has 0 aliphatic heterocycles. The minimum Gasteiger partial charge on any atom is -0.481 e. The Morgan fingerprint density at radius 2 is 1.33 bits per heavy atom. The maximum Gasteiger partial charge on any atom is 0.303 e. The zero-order valence-corrected chi connectivity index (χ0v) is 10.9. The summed E-state index contributed by atoms with van der Waals surface area (Å²) in [6.07, 6.45) is 8.29. The quantitative estimate of drug-likeness (QED) is 0.794. The maximum absolute atomic E-state index is 10.9. The highest BCUT2D eigenvalue weighted by molar-refractivity contribution is 5.67. The molecule has 0 radical (unpaired) electrons. The Kier molecular flexibility index (Phi) is 3.64. The molecule has 0 aromatic heterocycles. The summed E-state index contributed by atoms with van der Waals surface area (Å²) in [7, 11) is 0. The van der Waals surface area contributed by atoms with Gasteiger partial charge in [-0.15, -0.1) is 0 Å². The molecule has 0 aromatic rings. The van der Waals surface area contributed by atoms with E-state index in [0.717, 1.165) is 24.7 Å². The number of carboxylic acid groups (broad SMARTS) is 2. The summed E-state index contributed by atoms with van der Waals surface area (Å²) in [6, 6.07) is 0. The van der Waals surface area contributed by atoms with Crippen molar-refractivity contribution in [2.24, 2.45) is 23.2 Å². The Bertz CT molecular complexity index is 308. The molecule has 4 aliphatic rings. The summed E-state index contributed by atoms with van der Waals surface area (Å²) < 4.78 is 0. The first-order valence-electron chi connectivity index (χ1n) is 6.80. The Labute approximate surface area is 107 Å². The van der Waals surface area contributed by atoms with Gasteiger partial charge in [0.25, 0.3) is 5.97 Å². The highest BCUT2D eigenvalue weighted by Crippen LogP contribution is 2.61. The van der Waals surface area contributed by atoms with E-state index >= 15 is 0 Å². The molecule has 4 bridgehead atoms. The van der Waals surface area contributed by atoms with Crippen LogP contribution in [0.2, 0.25) is 0 Å². The van der Waals surface area contributed by atoms with E-state index in [0.29, 0.717) is 6.42 Å². The fourth-order valence-electron chi connectivity index (χ4n) is 4.83. The molecule has 0 amide bonds. The third-order valence-electron chi connectivity index (χ3n) is 4.69. The predicted molar refractivity (Wildman–Crippen MR) is 66.2 cm³/mol. The van der Waals surface area contributed by atoms with Gasteiger partial charge in [0.15, 0.2) is 0 Å². The summed E-state index contributed by atoms with van der Waals surface area (Å²) in [5.41, 5.74) is 0.223. The van der Waals surface area contributed by atoms with E-state index in [4.69, 9.17) is 15.0 Å². The highest BCUT2D eigenvalue weighted by Gasteiger charge is 2.51. The van der Waals surface area contributed by atoms with Crippen LogP contribution in [0.4, 0.5) is 0 Å². The molecular weight excluding hydrogens is 232 g/mol. The SMILES string of the molecule is CC(=O)O.O=C(O)CC12CC3CC(CC(C3)C1)C2. The molecule has 0 atom stereocenters. The Balaban J connectivity index is 0.000000267. The number of aliphatic carboxylic acids is 2. The van der Waals surface area contributed by atoms with Gasteiger partial charge in [0.2, 0.25) is 0 Å². The van der Waals surface area contributed by atoms with E-state index in [1.807, 2.05) is 0 Å². The topological polar surface area (TPSA) is 74.6 Å². The predicted octanol–water partition coefficient (Wildman–Crippen LogP) is 2.77. The summed E-state index contributed by atoms with van der Waals surface area (Å²) in [5, 5.41) is 16.4. The lowest BCUT2D eigenvalue weighted by Gasteiger charge is -2.56. The third-order valence-corrected chi connectivity index (χ3v) is 4.69. The van der Waals surface area contributed by atoms with Gasteiger partial charge in [0.05, 0.1) is 6.42 Å². The molecule has 4 rings (SSSR count). The fourth-order valence-corrected chi connectivity index (χ4v) is 4.83. The van der Waals surface area contributed by atoms with Crippen LogP contribution in [-0.2, 0) is 9.59 Å². The Morgan fingerprint density at radius 1 is 1.00 bits per heavy atom. The molecule has 4 nitrogen and oxygen atoms in total. The van der Waals surface area contributed by atoms with Crippen molar-refractivity contribution in [3.8, 4) is 0 Å². The molecule has 0 aromatic carbocycles. The van der Waals surface area contributed by atoms with Gasteiger partial charge < -0.3 is 10.2 Å². The number of carbonyl (C=O) groups is 2. The number of hydrogen-bond acceptors (Lipinski definition) is 2. The first-order valence-corrected chi connectivity index (χ1v) is 6.80. The summed E-state index contributed by atoms with van der Waals surface area (Å²) in [5.74, 6) is 1.22. The smallest absolute Gasteiger partial charge is 0.303 e. The monoisotopic (exact) mass is 254 g/mol. The number of hydrogen-bond donors (Lipinski definition) is 2. The van der Waals surface area contributed by atoms with Crippen LogP contribution in [0.1, 0.15) is 51.9 Å². The zero-order chi connectivity index (χ0) is 13.3. The molecule has 2 N–H and O–H groups in total. The lowest BCUT2D eigenvalue weighted by molar-refractivity contribution is -0.145. The third kappa shape index (κ3) is 3.03. The van der Waals surface area contributed by atoms with Gasteiger partial charge in [0.1, 0.15) is 0 Å². The number of rotatable bonds is 2. The van der Waals surface area contributed by atoms with Crippen LogP contribution in [0.3, 0.4) is 0 Å². The van der Waals surface area contributed by atoms with Crippen molar-refractivity contribution in [2.45, 2.75) is 51.9 Å². The van der Waals surface area contributed by atoms with Crippen LogP contribution in [0.5, 0.6) is 0 Å². The standard InChI is InChI=1S/C12H18O2.C2H4O2/c13-11(14)7-12-4-8-1-9(5-12)3-10(2-8)6-12;1-2(3)4/h8-10H,1-7H2,(H,13,14);1H3,(H,3,4). The zero-order valence-electron chi connectivity index (χ0n) is 10.9. The largest absolute Gasteiger partial charge is 0.481 e. The van der Waals surface area contributed by atoms with E-state index in [1.54, 1.807) is 0 Å². The lowest BCUT2D eigenvalue weighted by Crippen LogP contribution is -2.46. The molecule has 0 unspecified atom stereocenters. The molecule has 18 heavy (non-hydrogen) atoms. The molecule has 102 valence electrons.